The van der Waals surface area contributed by atoms with Crippen LogP contribution < -0.4 is 5.73 Å². The zero-order valence-electron chi connectivity index (χ0n) is 10.5. The first-order valence-corrected chi connectivity index (χ1v) is 7.60. The normalized spacial score (nSPS) is 12.4. The zero-order valence-corrected chi connectivity index (χ0v) is 13.6. The van der Waals surface area contributed by atoms with Crippen LogP contribution in [-0.4, -0.2) is 6.04 Å². The van der Waals surface area contributed by atoms with Gasteiger partial charge < -0.3 is 5.73 Å². The fraction of sp³-hybridized carbons (Fsp3) is 0.200. The lowest BCUT2D eigenvalue weighted by molar-refractivity contribution is 0.665. The lowest BCUT2D eigenvalue weighted by Crippen LogP contribution is -2.25. The fourth-order valence-electron chi connectivity index (χ4n) is 2.02. The van der Waals surface area contributed by atoms with Gasteiger partial charge in [0.05, 0.1) is 10.0 Å². The molecule has 1 nitrogen and oxygen atoms in total. The number of hydrogen-bond acceptors (Lipinski definition) is 1. The molecule has 2 aromatic carbocycles. The molecule has 2 rings (SSSR count). The van der Waals surface area contributed by atoms with Crippen molar-refractivity contribution in [1.82, 2.24) is 0 Å². The van der Waals surface area contributed by atoms with Crippen molar-refractivity contribution in [2.24, 2.45) is 5.73 Å². The fourth-order valence-corrected chi connectivity index (χ4v) is 2.73. The van der Waals surface area contributed by atoms with E-state index in [1.807, 2.05) is 18.2 Å². The van der Waals surface area contributed by atoms with Crippen LogP contribution in [0.3, 0.4) is 0 Å². The maximum Gasteiger partial charge on any atom is 0.0595 e. The van der Waals surface area contributed by atoms with Crippen LogP contribution in [0.2, 0.25) is 20.1 Å². The minimum atomic E-state index is -0.0665. The highest BCUT2D eigenvalue weighted by Crippen LogP contribution is 2.25. The Morgan fingerprint density at radius 3 is 2.20 bits per heavy atom. The predicted octanol–water partition coefficient (Wildman–Crippen LogP) is 5.41. The van der Waals surface area contributed by atoms with Crippen LogP contribution in [0.5, 0.6) is 0 Å². The molecule has 0 aliphatic heterocycles. The van der Waals surface area contributed by atoms with Gasteiger partial charge in [-0.05, 0) is 54.3 Å². The van der Waals surface area contributed by atoms with E-state index in [1.165, 1.54) is 0 Å². The van der Waals surface area contributed by atoms with Crippen molar-refractivity contribution in [2.75, 3.05) is 0 Å². The quantitative estimate of drug-likeness (QED) is 0.785. The molecule has 106 valence electrons. The highest BCUT2D eigenvalue weighted by atomic mass is 35.5. The molecule has 0 heterocycles. The van der Waals surface area contributed by atoms with E-state index in [4.69, 9.17) is 52.1 Å². The van der Waals surface area contributed by atoms with Gasteiger partial charge in [0.2, 0.25) is 0 Å². The minimum Gasteiger partial charge on any atom is -0.327 e. The molecule has 5 heteroatoms. The molecule has 0 radical (unpaired) electrons. The smallest absolute Gasteiger partial charge is 0.0595 e. The first-order chi connectivity index (χ1) is 9.45. The summed E-state index contributed by atoms with van der Waals surface area (Å²) >= 11 is 24.0. The Bertz CT molecular complexity index is 613. The highest BCUT2D eigenvalue weighted by Gasteiger charge is 2.10. The van der Waals surface area contributed by atoms with E-state index < -0.39 is 0 Å². The van der Waals surface area contributed by atoms with Crippen LogP contribution >= 0.6 is 46.4 Å². The second-order valence-corrected chi connectivity index (χ2v) is 6.31. The van der Waals surface area contributed by atoms with Gasteiger partial charge in [-0.2, -0.15) is 0 Å². The van der Waals surface area contributed by atoms with E-state index in [0.29, 0.717) is 32.9 Å². The third kappa shape index (κ3) is 4.28. The van der Waals surface area contributed by atoms with E-state index in [0.717, 1.165) is 11.1 Å². The van der Waals surface area contributed by atoms with E-state index in [1.54, 1.807) is 18.2 Å². The van der Waals surface area contributed by atoms with Gasteiger partial charge in [-0.15, -0.1) is 0 Å². The molecular formula is C15H13Cl4N. The predicted molar refractivity (Wildman–Crippen MR) is 88.3 cm³/mol. The van der Waals surface area contributed by atoms with Crippen molar-refractivity contribution in [3.8, 4) is 0 Å². The van der Waals surface area contributed by atoms with Gasteiger partial charge in [0.25, 0.3) is 0 Å². The molecular weight excluding hydrogens is 336 g/mol. The molecule has 0 aliphatic rings. The highest BCUT2D eigenvalue weighted by molar-refractivity contribution is 6.42. The molecule has 0 spiro atoms. The van der Waals surface area contributed by atoms with Crippen LogP contribution in [0, 0.1) is 0 Å². The molecule has 0 fully saturated rings. The standard InChI is InChI=1S/C15H13Cl4N/c16-11-2-4-13(17)10(7-11)8-12(20)5-9-1-3-14(18)15(19)6-9/h1-4,6-7,12H,5,8,20H2. The summed E-state index contributed by atoms with van der Waals surface area (Å²) in [6.45, 7) is 0. The van der Waals surface area contributed by atoms with Gasteiger partial charge in [0.15, 0.2) is 0 Å². The van der Waals surface area contributed by atoms with Crippen LogP contribution in [-0.2, 0) is 12.8 Å². The number of halogens is 4. The molecule has 0 amide bonds. The van der Waals surface area contributed by atoms with E-state index in [9.17, 15) is 0 Å². The summed E-state index contributed by atoms with van der Waals surface area (Å²) in [5.41, 5.74) is 8.16. The second-order valence-electron chi connectivity index (χ2n) is 4.65. The average molecular weight is 349 g/mol. The summed E-state index contributed by atoms with van der Waals surface area (Å²) in [6, 6.07) is 10.9. The Morgan fingerprint density at radius 2 is 1.50 bits per heavy atom. The summed E-state index contributed by atoms with van der Waals surface area (Å²) in [5, 5.41) is 2.42. The van der Waals surface area contributed by atoms with Gasteiger partial charge in [-0.1, -0.05) is 52.5 Å². The average Bonchev–Trinajstić information content (AvgIpc) is 2.38. The Hall–Kier alpha value is -0.440. The van der Waals surface area contributed by atoms with Crippen LogP contribution in [0.1, 0.15) is 11.1 Å². The van der Waals surface area contributed by atoms with E-state index in [2.05, 4.69) is 0 Å². The molecule has 1 unspecified atom stereocenters. The van der Waals surface area contributed by atoms with Crippen molar-refractivity contribution >= 4 is 46.4 Å². The summed E-state index contributed by atoms with van der Waals surface area (Å²) < 4.78 is 0. The molecule has 1 atom stereocenters. The van der Waals surface area contributed by atoms with Crippen molar-refractivity contribution in [3.05, 3.63) is 67.6 Å². The number of rotatable bonds is 4. The number of nitrogens with two attached hydrogens (primary N) is 1. The maximum absolute atomic E-state index is 6.17. The lowest BCUT2D eigenvalue weighted by Gasteiger charge is -2.13. The first-order valence-electron chi connectivity index (χ1n) is 6.09. The summed E-state index contributed by atoms with van der Waals surface area (Å²) in [5.74, 6) is 0. The van der Waals surface area contributed by atoms with Crippen LogP contribution in [0.4, 0.5) is 0 Å². The minimum absolute atomic E-state index is 0.0665. The van der Waals surface area contributed by atoms with Gasteiger partial charge in [-0.25, -0.2) is 0 Å². The Morgan fingerprint density at radius 1 is 0.800 bits per heavy atom. The molecule has 0 saturated heterocycles. The molecule has 2 N–H and O–H groups in total. The lowest BCUT2D eigenvalue weighted by atomic mass is 10.00. The van der Waals surface area contributed by atoms with Crippen molar-refractivity contribution in [2.45, 2.75) is 18.9 Å². The summed E-state index contributed by atoms with van der Waals surface area (Å²) in [4.78, 5) is 0. The Labute approximate surface area is 138 Å². The maximum atomic E-state index is 6.17. The third-order valence-corrected chi connectivity index (χ3v) is 4.31. The zero-order chi connectivity index (χ0) is 14.7. The van der Waals surface area contributed by atoms with E-state index in [-0.39, 0.29) is 6.04 Å². The van der Waals surface area contributed by atoms with Gasteiger partial charge >= 0.3 is 0 Å². The monoisotopic (exact) mass is 347 g/mol. The summed E-state index contributed by atoms with van der Waals surface area (Å²) in [6.07, 6.45) is 1.35. The Kier molecular flexibility index (Phi) is 5.59. The largest absolute Gasteiger partial charge is 0.327 e. The molecule has 20 heavy (non-hydrogen) atoms. The number of hydrogen-bond donors (Lipinski definition) is 1. The van der Waals surface area contributed by atoms with Crippen LogP contribution in [0.15, 0.2) is 36.4 Å². The third-order valence-electron chi connectivity index (χ3n) is 2.97. The Balaban J connectivity index is 2.06. The van der Waals surface area contributed by atoms with Gasteiger partial charge in [0, 0.05) is 16.1 Å². The molecule has 2 aromatic rings. The molecule has 0 bridgehead atoms. The van der Waals surface area contributed by atoms with Gasteiger partial charge in [0.1, 0.15) is 0 Å². The molecule has 0 aliphatic carbocycles. The SMILES string of the molecule is NC(Cc1ccc(Cl)c(Cl)c1)Cc1cc(Cl)ccc1Cl. The van der Waals surface area contributed by atoms with Crippen molar-refractivity contribution in [1.29, 1.82) is 0 Å². The van der Waals surface area contributed by atoms with Gasteiger partial charge in [-0.3, -0.25) is 0 Å². The van der Waals surface area contributed by atoms with Crippen LogP contribution in [0.25, 0.3) is 0 Å². The first kappa shape index (κ1) is 15.9. The number of benzene rings is 2. The van der Waals surface area contributed by atoms with E-state index >= 15 is 0 Å². The molecule has 0 aromatic heterocycles. The topological polar surface area (TPSA) is 26.0 Å². The second kappa shape index (κ2) is 7.02. The summed E-state index contributed by atoms with van der Waals surface area (Å²) in [7, 11) is 0. The van der Waals surface area contributed by atoms with Crippen molar-refractivity contribution in [3.63, 3.8) is 0 Å². The van der Waals surface area contributed by atoms with Crippen molar-refractivity contribution < 1.29 is 0 Å². The molecule has 0 saturated carbocycles.